The van der Waals surface area contributed by atoms with E-state index < -0.39 is 166 Å². The summed E-state index contributed by atoms with van der Waals surface area (Å²) >= 11 is 0. The third kappa shape index (κ3) is 23.5. The molecule has 11 amide bonds. The Balaban J connectivity index is 4.47. The third-order valence-corrected chi connectivity index (χ3v) is 16.7. The highest BCUT2D eigenvalue weighted by Crippen LogP contribution is 2.27. The number of allylic oxidation sites excluding steroid dienone is 2. The van der Waals surface area contributed by atoms with Crippen molar-refractivity contribution in [3.05, 3.63) is 12.2 Å². The van der Waals surface area contributed by atoms with Gasteiger partial charge in [0.2, 0.25) is 75.4 Å². The minimum Gasteiger partial charge on any atom is -0.726 e. The van der Waals surface area contributed by atoms with E-state index in [1.54, 1.807) is 53.7 Å². The van der Waals surface area contributed by atoms with Crippen molar-refractivity contribution in [3.63, 3.8) is 0 Å². The molecular formula is C62H110N11O15S-. The fourth-order valence-electron chi connectivity index (χ4n) is 10.9. The maximum absolute atomic E-state index is 15.3. The molecule has 27 heteroatoms. The van der Waals surface area contributed by atoms with Gasteiger partial charge in [-0.2, -0.15) is 0 Å². The summed E-state index contributed by atoms with van der Waals surface area (Å²) in [5, 5.41) is 10.8. The maximum Gasteiger partial charge on any atom is 0.246 e. The van der Waals surface area contributed by atoms with Crippen molar-refractivity contribution in [3.8, 4) is 0 Å². The number of carbonyl (C=O) groups is 11. The van der Waals surface area contributed by atoms with Gasteiger partial charge in [-0.1, -0.05) is 109 Å². The summed E-state index contributed by atoms with van der Waals surface area (Å²) in [4.78, 5) is 169. The summed E-state index contributed by atoms with van der Waals surface area (Å²) in [5.74, 6) is -11.5. The Kier molecular flexibility index (Phi) is 32.7. The molecule has 510 valence electrons. The lowest BCUT2D eigenvalue weighted by Gasteiger charge is -2.42. The number of hydrogen-bond acceptors (Lipinski definition) is 15. The summed E-state index contributed by atoms with van der Waals surface area (Å²) in [5.41, 5.74) is 0. The van der Waals surface area contributed by atoms with Gasteiger partial charge in [0.05, 0.1) is 6.54 Å². The predicted molar refractivity (Wildman–Crippen MR) is 337 cm³/mol. The Hall–Kier alpha value is -6.22. The second-order valence-electron chi connectivity index (χ2n) is 26.6. The third-order valence-electron chi connectivity index (χ3n) is 16.3. The quantitative estimate of drug-likeness (QED) is 0.0925. The van der Waals surface area contributed by atoms with Crippen LogP contribution in [0, 0.1) is 41.4 Å². The van der Waals surface area contributed by atoms with Crippen LogP contribution in [0.25, 0.3) is 0 Å². The molecule has 1 heterocycles. The van der Waals surface area contributed by atoms with Gasteiger partial charge in [0.25, 0.3) is 0 Å². The Morgan fingerprint density at radius 3 is 1.35 bits per heavy atom. The molecule has 0 unspecified atom stereocenters. The molecule has 89 heavy (non-hydrogen) atoms. The van der Waals surface area contributed by atoms with Crippen LogP contribution < -0.4 is 21.3 Å². The second kappa shape index (κ2) is 36.0. The number of nitrogens with zero attached hydrogens (tertiary/aromatic N) is 7. The lowest BCUT2D eigenvalue weighted by molar-refractivity contribution is -0.157. The van der Waals surface area contributed by atoms with Gasteiger partial charge in [-0.25, -0.2) is 8.42 Å². The van der Waals surface area contributed by atoms with Crippen LogP contribution in [0.1, 0.15) is 156 Å². The van der Waals surface area contributed by atoms with Crippen LogP contribution in [0.2, 0.25) is 0 Å². The average Bonchev–Trinajstić information content (AvgIpc) is 1.10. The minimum absolute atomic E-state index is 0.0319. The fourth-order valence-corrected chi connectivity index (χ4v) is 11.5. The molecule has 0 bridgehead atoms. The first-order valence-electron chi connectivity index (χ1n) is 31.2. The van der Waals surface area contributed by atoms with Crippen molar-refractivity contribution < 1.29 is 69.9 Å². The number of hydrogen-bond donors (Lipinski definition) is 4. The topological polar surface area (TPSA) is 325 Å². The SMILES string of the molecule is C/C=C/C[C@@H](C)[C@@H](OS(=O)(=O)[O-])[C@H]1C(=O)N[C@@H](CC)C(=O)N(C)CC(=O)N(C)[C@@H](CC(C)C)C(=O)N[C@@H](C(C)C)C(=O)N(C)[C@@H](CC(C)C)C(=O)N[C@@H](C)C(=O)N[C@H](C)C(=O)N(C)[C@@H](CC(C)C)C(=O)N(C)[C@@H](CC(C)C)C(=O)N(C)[C@@H](C(C)C)C(=O)N1C. The first-order valence-corrected chi connectivity index (χ1v) is 32.5. The van der Waals surface area contributed by atoms with Gasteiger partial charge in [-0.15, -0.1) is 0 Å². The molecule has 4 N–H and O–H groups in total. The standard InChI is InChI=1S/C62H111N11O15S/c1-25-27-28-40(15)52(88-89(85,86)87)51-56(78)65-43(26-2)58(80)67(18)33-48(74)68(19)44(29-34(3)4)55(77)66-49(38(11)12)61(83)69(20)45(30-35(5)6)54(76)63-41(16)53(75)64-42(17)57(79)70(21)46(31-36(7)8)59(81)71(22)47(32-37(9)10)60(82)72(23)50(39(13)14)62(84)73(51)24/h25,27,34-47,49-52H,26,28-33H2,1-24H3,(H,63,76)(H,64,75)(H,65,78)(H,66,77)(H,85,86,87)/p-1/b27-25+/t40-,41+,42-,43+,44+,45+,46+,47+,49+,50+,51+,52-/m1/s1. The Morgan fingerprint density at radius 1 is 0.494 bits per heavy atom. The highest BCUT2D eigenvalue weighted by atomic mass is 32.3. The number of carbonyl (C=O) groups excluding carboxylic acids is 11. The van der Waals surface area contributed by atoms with Crippen molar-refractivity contribution >= 4 is 75.4 Å². The normalized spacial score (nSPS) is 26.4. The van der Waals surface area contributed by atoms with Gasteiger partial charge in [0.1, 0.15) is 66.5 Å². The average molecular weight is 1280 g/mol. The molecule has 1 aliphatic rings. The molecule has 0 aliphatic carbocycles. The van der Waals surface area contributed by atoms with Gasteiger partial charge in [-0.3, -0.25) is 56.9 Å². The molecule has 0 radical (unpaired) electrons. The number of rotatable bonds is 17. The van der Waals surface area contributed by atoms with Crippen molar-refractivity contribution in [1.82, 2.24) is 55.6 Å². The minimum atomic E-state index is -5.63. The summed E-state index contributed by atoms with van der Waals surface area (Å²) < 4.78 is 43.1. The van der Waals surface area contributed by atoms with Gasteiger partial charge >= 0.3 is 0 Å². The van der Waals surface area contributed by atoms with E-state index in [1.165, 1.54) is 84.8 Å². The molecule has 1 fully saturated rings. The smallest absolute Gasteiger partial charge is 0.246 e. The Bertz CT molecular complexity index is 2600. The Labute approximate surface area is 531 Å². The van der Waals surface area contributed by atoms with Crippen molar-refractivity contribution in [2.45, 2.75) is 223 Å². The summed E-state index contributed by atoms with van der Waals surface area (Å²) in [6, 6.07) is -13.5. The predicted octanol–water partition coefficient (Wildman–Crippen LogP) is 2.75. The first-order chi connectivity index (χ1) is 40.9. The van der Waals surface area contributed by atoms with E-state index in [4.69, 9.17) is 4.18 Å². The zero-order chi connectivity index (χ0) is 69.2. The molecule has 0 spiro atoms. The molecule has 1 saturated heterocycles. The van der Waals surface area contributed by atoms with Crippen molar-refractivity contribution in [1.29, 1.82) is 0 Å². The second-order valence-corrected chi connectivity index (χ2v) is 27.6. The highest BCUT2D eigenvalue weighted by molar-refractivity contribution is 7.80. The molecule has 12 atom stereocenters. The molecule has 0 aromatic rings. The van der Waals surface area contributed by atoms with E-state index in [1.807, 2.05) is 55.4 Å². The summed E-state index contributed by atoms with van der Waals surface area (Å²) in [7, 11) is 3.75. The van der Waals surface area contributed by atoms with Gasteiger partial charge in [-0.05, 0) is 101 Å². The molecule has 1 aliphatic heterocycles. The molecule has 0 aromatic carbocycles. The van der Waals surface area contributed by atoms with E-state index >= 15 is 19.2 Å². The zero-order valence-electron chi connectivity index (χ0n) is 57.7. The van der Waals surface area contributed by atoms with E-state index in [-0.39, 0.29) is 62.2 Å². The molecule has 0 saturated carbocycles. The first kappa shape index (κ1) is 80.8. The Morgan fingerprint density at radius 2 is 0.910 bits per heavy atom. The lowest BCUT2D eigenvalue weighted by atomic mass is 9.91. The summed E-state index contributed by atoms with van der Waals surface area (Å²) in [6.07, 6.45) is 1.69. The number of likely N-dealkylation sites (N-methyl/N-ethyl adjacent to an activating group) is 7. The van der Waals surface area contributed by atoms with Crippen LogP contribution in [0.5, 0.6) is 0 Å². The van der Waals surface area contributed by atoms with Crippen molar-refractivity contribution in [2.75, 3.05) is 55.9 Å². The van der Waals surface area contributed by atoms with Gasteiger partial charge in [0, 0.05) is 49.3 Å². The van der Waals surface area contributed by atoms with Crippen LogP contribution in [0.3, 0.4) is 0 Å². The number of amides is 11. The van der Waals surface area contributed by atoms with Crippen LogP contribution in [-0.4, -0.2) is 235 Å². The van der Waals surface area contributed by atoms with Crippen LogP contribution in [0.15, 0.2) is 12.2 Å². The monoisotopic (exact) mass is 1280 g/mol. The molecule has 0 aromatic heterocycles. The molecule has 26 nitrogen and oxygen atoms in total. The molecule has 1 rings (SSSR count). The van der Waals surface area contributed by atoms with Crippen molar-refractivity contribution in [2.24, 2.45) is 41.4 Å². The lowest BCUT2D eigenvalue weighted by Crippen LogP contribution is -2.64. The largest absolute Gasteiger partial charge is 0.726 e. The number of nitrogens with one attached hydrogen (secondary N) is 4. The summed E-state index contributed by atoms with van der Waals surface area (Å²) in [6.45, 7) is 28.2. The van der Waals surface area contributed by atoms with Crippen LogP contribution in [-0.2, 0) is 67.3 Å². The van der Waals surface area contributed by atoms with E-state index in [2.05, 4.69) is 21.3 Å². The fraction of sp³-hybridized carbons (Fsp3) is 0.790. The van der Waals surface area contributed by atoms with E-state index in [9.17, 15) is 46.5 Å². The van der Waals surface area contributed by atoms with E-state index in [0.717, 1.165) is 19.6 Å². The van der Waals surface area contributed by atoms with Gasteiger partial charge in [0.15, 0.2) is 0 Å². The van der Waals surface area contributed by atoms with E-state index in [0.29, 0.717) is 0 Å². The zero-order valence-corrected chi connectivity index (χ0v) is 58.5. The highest BCUT2D eigenvalue weighted by Gasteiger charge is 2.47. The molecular weight excluding hydrogens is 1170 g/mol. The van der Waals surface area contributed by atoms with Gasteiger partial charge < -0.3 is 60.1 Å². The van der Waals surface area contributed by atoms with Crippen LogP contribution >= 0.6 is 0 Å². The maximum atomic E-state index is 15.3. The van der Waals surface area contributed by atoms with Crippen LogP contribution in [0.4, 0.5) is 0 Å².